The summed E-state index contributed by atoms with van der Waals surface area (Å²) >= 11 is 0. The molecule has 0 rings (SSSR count). The van der Waals surface area contributed by atoms with Gasteiger partial charge in [0.2, 0.25) is 0 Å². The Morgan fingerprint density at radius 2 is 1.50 bits per heavy atom. The minimum absolute atomic E-state index is 0. The number of hydrogen-bond acceptors (Lipinski definition) is 5. The van der Waals surface area contributed by atoms with Gasteiger partial charge >= 0.3 is 10.1 Å². The molecule has 8 heteroatoms. The largest absolute Gasteiger partial charge is 2.00 e. The van der Waals surface area contributed by atoms with Crippen molar-refractivity contribution in [1.82, 2.24) is 0 Å². The van der Waals surface area contributed by atoms with Crippen molar-refractivity contribution in [3.8, 4) is 0 Å². The molecule has 0 N–H and O–H groups in total. The normalized spacial score (nSPS) is 14.2. The summed E-state index contributed by atoms with van der Waals surface area (Å²) in [5.41, 5.74) is 0. The van der Waals surface area contributed by atoms with Crippen molar-refractivity contribution in [3.63, 3.8) is 0 Å². The summed E-state index contributed by atoms with van der Waals surface area (Å²) in [5.74, 6) is 0. The van der Waals surface area contributed by atoms with Crippen molar-refractivity contribution in [2.45, 2.75) is 0 Å². The first-order valence-corrected chi connectivity index (χ1v) is 4.00. The van der Waals surface area contributed by atoms with Crippen LogP contribution in [0.2, 0.25) is 0 Å². The topological polar surface area (TPSA) is 97.3 Å². The molecular formula is BeO5S2. The third-order valence-corrected chi connectivity index (χ3v) is 1.50. The van der Waals surface area contributed by atoms with Gasteiger partial charge in [0.05, 0.1) is 10.1 Å². The quantitative estimate of drug-likeness (QED) is 0.187. The zero-order valence-corrected chi connectivity index (χ0v) is 5.20. The van der Waals surface area contributed by atoms with Gasteiger partial charge in [-0.1, -0.05) is 0 Å². The summed E-state index contributed by atoms with van der Waals surface area (Å²) in [4.78, 5) is 0. The molecule has 0 bridgehead atoms. The summed E-state index contributed by atoms with van der Waals surface area (Å²) in [5, 5.41) is 0. The van der Waals surface area contributed by atoms with Crippen LogP contribution in [0.5, 0.6) is 0 Å². The van der Waals surface area contributed by atoms with Crippen LogP contribution in [0.1, 0.15) is 0 Å². The molecule has 0 saturated carbocycles. The van der Waals surface area contributed by atoms with Gasteiger partial charge in [0.1, 0.15) is 0 Å². The molecule has 5 nitrogen and oxygen atoms in total. The molecule has 0 spiro atoms. The Bertz CT molecular complexity index is 165. The van der Waals surface area contributed by atoms with E-state index in [1.54, 1.807) is 0 Å². The first-order chi connectivity index (χ1) is 2.94. The molecule has 1 atom stereocenters. The van der Waals surface area contributed by atoms with Gasteiger partial charge in [-0.3, -0.25) is 4.21 Å². The van der Waals surface area contributed by atoms with Gasteiger partial charge in [0.25, 0.3) is 0 Å². The zero-order valence-electron chi connectivity index (χ0n) is 3.56. The van der Waals surface area contributed by atoms with Crippen LogP contribution in [0.3, 0.4) is 0 Å². The molecule has 44 valence electrons. The van der Waals surface area contributed by atoms with Gasteiger partial charge in [-0.15, -0.1) is 0 Å². The molecule has 0 aliphatic rings. The van der Waals surface area contributed by atoms with Gasteiger partial charge < -0.3 is 9.11 Å². The summed E-state index contributed by atoms with van der Waals surface area (Å²) < 4.78 is 45.7. The van der Waals surface area contributed by atoms with Crippen molar-refractivity contribution in [3.05, 3.63) is 0 Å². The minimum atomic E-state index is -5.07. The smallest absolute Gasteiger partial charge is 0.761 e. The van der Waals surface area contributed by atoms with E-state index in [0.29, 0.717) is 0 Å². The Kier molecular flexibility index (Phi) is 4.50. The van der Waals surface area contributed by atoms with Crippen LogP contribution in [0.15, 0.2) is 0 Å². The minimum Gasteiger partial charge on any atom is -0.761 e. The van der Waals surface area contributed by atoms with E-state index in [1.165, 1.54) is 0 Å². The Balaban J connectivity index is 0. The van der Waals surface area contributed by atoms with E-state index in [9.17, 15) is 0 Å². The molecule has 0 saturated heterocycles. The van der Waals surface area contributed by atoms with E-state index >= 15 is 0 Å². The van der Waals surface area contributed by atoms with Crippen molar-refractivity contribution < 1.29 is 21.7 Å². The second kappa shape index (κ2) is 3.26. The third kappa shape index (κ3) is 4.35. The van der Waals surface area contributed by atoms with E-state index in [4.69, 9.17) is 21.7 Å². The van der Waals surface area contributed by atoms with Gasteiger partial charge in [0.15, 0.2) is 9.15 Å². The van der Waals surface area contributed by atoms with Crippen LogP contribution in [-0.2, 0) is 19.3 Å². The fourth-order valence-electron chi connectivity index (χ4n) is 0. The second-order valence-corrected chi connectivity index (χ2v) is 3.88. The average molecular weight is 153 g/mol. The van der Waals surface area contributed by atoms with Gasteiger partial charge in [-0.25, -0.2) is 8.42 Å². The van der Waals surface area contributed by atoms with Crippen molar-refractivity contribution in [1.29, 1.82) is 0 Å². The second-order valence-electron chi connectivity index (χ2n) is 0.612. The Morgan fingerprint density at radius 1 is 1.38 bits per heavy atom. The van der Waals surface area contributed by atoms with Crippen LogP contribution >= 0.6 is 0 Å². The molecule has 0 aromatic carbocycles. The van der Waals surface area contributed by atoms with Gasteiger partial charge in [-0.05, 0) is 0 Å². The number of rotatable bonds is 1. The standard InChI is InChI=1S/Be.H2O5S2/c;1-6(2)7(3,4)5/h;(H,1,2)(H,3,4,5)/q+2;/p-2. The molecule has 0 aromatic heterocycles. The molecule has 0 fully saturated rings. The summed E-state index contributed by atoms with van der Waals surface area (Å²) in [6.07, 6.45) is 0. The maximum absolute atomic E-state index is 9.16. The van der Waals surface area contributed by atoms with E-state index in [-0.39, 0.29) is 10.1 Å². The van der Waals surface area contributed by atoms with Crippen LogP contribution < -0.4 is 0 Å². The van der Waals surface area contributed by atoms with Crippen molar-refractivity contribution in [2.75, 3.05) is 0 Å². The Hall–Kier alpha value is 0.189. The third-order valence-electron chi connectivity index (χ3n) is 0.167. The van der Waals surface area contributed by atoms with E-state index in [0.717, 1.165) is 0 Å². The number of hydrogen-bond donors (Lipinski definition) is 0. The van der Waals surface area contributed by atoms with E-state index < -0.39 is 19.3 Å². The fraction of sp³-hybridized carbons (Fsp3) is 0. The molecule has 1 unspecified atom stereocenters. The SMILES string of the molecule is O=S([O-])S(=O)(=O)[O-].[Be+2]. The predicted octanol–water partition coefficient (Wildman–Crippen LogP) is -2.06. The van der Waals surface area contributed by atoms with Crippen LogP contribution in [0.25, 0.3) is 0 Å². The van der Waals surface area contributed by atoms with Crippen LogP contribution in [0, 0.1) is 0 Å². The van der Waals surface area contributed by atoms with Gasteiger partial charge in [0, 0.05) is 0 Å². The monoisotopic (exact) mass is 153 g/mol. The Morgan fingerprint density at radius 3 is 1.50 bits per heavy atom. The molecular weight excluding hydrogens is 153 g/mol. The first kappa shape index (κ1) is 11.0. The molecule has 8 heavy (non-hydrogen) atoms. The maximum Gasteiger partial charge on any atom is 2.00 e. The summed E-state index contributed by atoms with van der Waals surface area (Å²) in [6.45, 7) is 0. The van der Waals surface area contributed by atoms with E-state index in [2.05, 4.69) is 0 Å². The molecule has 0 radical (unpaired) electrons. The van der Waals surface area contributed by atoms with E-state index in [1.807, 2.05) is 0 Å². The fourth-order valence-corrected chi connectivity index (χ4v) is 0. The van der Waals surface area contributed by atoms with Crippen molar-refractivity contribution >= 4 is 29.4 Å². The van der Waals surface area contributed by atoms with Crippen LogP contribution in [0.4, 0.5) is 0 Å². The molecule has 0 aliphatic heterocycles. The molecule has 0 aromatic rings. The molecule has 0 aliphatic carbocycles. The average Bonchev–Trinajstić information content (AvgIpc) is 1.31. The first-order valence-electron chi connectivity index (χ1n) is 1.00. The Labute approximate surface area is 51.7 Å². The molecule has 0 heterocycles. The van der Waals surface area contributed by atoms with Crippen LogP contribution in [-0.4, -0.2) is 31.9 Å². The van der Waals surface area contributed by atoms with Gasteiger partial charge in [-0.2, -0.15) is 0 Å². The predicted molar refractivity (Wildman–Crippen MR) is 24.4 cm³/mol. The summed E-state index contributed by atoms with van der Waals surface area (Å²) in [6, 6.07) is 0. The maximum atomic E-state index is 9.16. The molecule has 0 amide bonds. The summed E-state index contributed by atoms with van der Waals surface area (Å²) in [7, 11) is -8.59. The zero-order chi connectivity index (χ0) is 6.08. The van der Waals surface area contributed by atoms with Crippen molar-refractivity contribution in [2.24, 2.45) is 0 Å².